The Morgan fingerprint density at radius 3 is 2.56 bits per heavy atom. The van der Waals surface area contributed by atoms with Crippen LogP contribution in [0.25, 0.3) is 16.5 Å². The zero-order chi connectivity index (χ0) is 18.0. The molecule has 0 bridgehead atoms. The Morgan fingerprint density at radius 2 is 1.88 bits per heavy atom. The lowest BCUT2D eigenvalue weighted by molar-refractivity contribution is 0.398. The van der Waals surface area contributed by atoms with Crippen LogP contribution in [0.3, 0.4) is 0 Å². The highest BCUT2D eigenvalue weighted by Crippen LogP contribution is 2.33. The maximum atomic E-state index is 12.8. The van der Waals surface area contributed by atoms with E-state index in [9.17, 15) is 15.0 Å². The van der Waals surface area contributed by atoms with Crippen molar-refractivity contribution in [2.45, 2.75) is 6.92 Å². The molecular formula is C19H16N2O4. The second-order valence-electron chi connectivity index (χ2n) is 5.39. The van der Waals surface area contributed by atoms with Gasteiger partial charge in [-0.1, -0.05) is 18.2 Å². The minimum absolute atomic E-state index is 0.0670. The van der Waals surface area contributed by atoms with Crippen LogP contribution in [0.15, 0.2) is 62.9 Å². The van der Waals surface area contributed by atoms with Crippen molar-refractivity contribution in [2.75, 3.05) is 0 Å². The molecule has 0 spiro atoms. The molecule has 0 fully saturated rings. The van der Waals surface area contributed by atoms with Crippen LogP contribution in [0.2, 0.25) is 0 Å². The molecule has 0 amide bonds. The second-order valence-corrected chi connectivity index (χ2v) is 5.39. The molecule has 25 heavy (non-hydrogen) atoms. The summed E-state index contributed by atoms with van der Waals surface area (Å²) in [4.78, 5) is 17.1. The van der Waals surface area contributed by atoms with Gasteiger partial charge in [-0.2, -0.15) is 0 Å². The molecular weight excluding hydrogens is 320 g/mol. The summed E-state index contributed by atoms with van der Waals surface area (Å²) >= 11 is 0. The fraction of sp³-hybridized carbons (Fsp3) is 0.0526. The number of fused-ring (bicyclic) bond motifs is 1. The van der Waals surface area contributed by atoms with Gasteiger partial charge in [-0.05, 0) is 31.2 Å². The van der Waals surface area contributed by atoms with E-state index in [2.05, 4.69) is 4.99 Å². The van der Waals surface area contributed by atoms with Crippen LogP contribution in [-0.4, -0.2) is 16.4 Å². The van der Waals surface area contributed by atoms with E-state index in [-0.39, 0.29) is 33.5 Å². The van der Waals surface area contributed by atoms with E-state index in [0.29, 0.717) is 11.3 Å². The summed E-state index contributed by atoms with van der Waals surface area (Å²) in [5, 5.41) is 19.6. The van der Waals surface area contributed by atoms with Gasteiger partial charge in [0.1, 0.15) is 5.76 Å². The van der Waals surface area contributed by atoms with Gasteiger partial charge < -0.3 is 20.4 Å². The first-order valence-electron chi connectivity index (χ1n) is 7.52. The minimum atomic E-state index is -0.472. The van der Waals surface area contributed by atoms with Crippen molar-refractivity contribution in [1.29, 1.82) is 0 Å². The Balaban J connectivity index is 2.16. The number of phenolic OH excluding ortho intramolecular Hbond substituents is 2. The molecule has 3 aromatic rings. The van der Waals surface area contributed by atoms with E-state index >= 15 is 0 Å². The van der Waals surface area contributed by atoms with E-state index in [4.69, 9.17) is 10.2 Å². The maximum Gasteiger partial charge on any atom is 0.201 e. The first-order chi connectivity index (χ1) is 12.0. The molecule has 0 aliphatic carbocycles. The summed E-state index contributed by atoms with van der Waals surface area (Å²) in [5.41, 5.74) is 6.60. The van der Waals surface area contributed by atoms with Gasteiger partial charge in [-0.3, -0.25) is 9.79 Å². The van der Waals surface area contributed by atoms with Gasteiger partial charge in [-0.15, -0.1) is 0 Å². The number of hydrogen-bond donors (Lipinski definition) is 3. The molecule has 0 aliphatic heterocycles. The van der Waals surface area contributed by atoms with Gasteiger partial charge in [0, 0.05) is 18.0 Å². The third-order valence-corrected chi connectivity index (χ3v) is 3.77. The zero-order valence-electron chi connectivity index (χ0n) is 13.4. The van der Waals surface area contributed by atoms with Crippen LogP contribution in [0, 0.1) is 6.92 Å². The molecule has 0 atom stereocenters. The third kappa shape index (κ3) is 2.97. The molecule has 0 unspecified atom stereocenters. The molecule has 4 N–H and O–H groups in total. The lowest BCUT2D eigenvalue weighted by Crippen LogP contribution is -2.12. The lowest BCUT2D eigenvalue weighted by Gasteiger charge is -2.08. The predicted octanol–water partition coefficient (Wildman–Crippen LogP) is 3.21. The number of rotatable bonds is 3. The predicted molar refractivity (Wildman–Crippen MR) is 97.3 cm³/mol. The average molecular weight is 336 g/mol. The smallest absolute Gasteiger partial charge is 0.201 e. The number of para-hydroxylation sites is 1. The van der Waals surface area contributed by atoms with Crippen molar-refractivity contribution in [3.63, 3.8) is 0 Å². The standard InChI is InChI=1S/C19H16N2O4/c1-11-16(12(9-20)10-21-13-5-3-2-4-6-13)17(23)14-7-8-15(22)18(24)19(14)25-11/h2-10,22,24H,20H2,1H3/b12-9+,21-10?. The fourth-order valence-electron chi connectivity index (χ4n) is 2.52. The number of hydrogen-bond acceptors (Lipinski definition) is 6. The number of allylic oxidation sites excluding steroid dienone is 1. The molecule has 2 aromatic carbocycles. The number of aryl methyl sites for hydroxylation is 1. The number of phenols is 2. The Labute approximate surface area is 143 Å². The number of nitrogens with two attached hydrogens (primary N) is 1. The van der Waals surface area contributed by atoms with Crippen molar-refractivity contribution >= 4 is 28.4 Å². The summed E-state index contributed by atoms with van der Waals surface area (Å²) in [5.74, 6) is -0.571. The minimum Gasteiger partial charge on any atom is -0.504 e. The van der Waals surface area contributed by atoms with Gasteiger partial charge in [-0.25, -0.2) is 0 Å². The Morgan fingerprint density at radius 1 is 1.16 bits per heavy atom. The molecule has 1 aromatic heterocycles. The normalized spacial score (nSPS) is 12.1. The highest BCUT2D eigenvalue weighted by atomic mass is 16.4. The molecule has 3 rings (SSSR count). The van der Waals surface area contributed by atoms with Crippen LogP contribution in [-0.2, 0) is 0 Å². The Hall–Kier alpha value is -3.54. The largest absolute Gasteiger partial charge is 0.504 e. The monoisotopic (exact) mass is 336 g/mol. The van der Waals surface area contributed by atoms with Crippen LogP contribution in [0.1, 0.15) is 11.3 Å². The molecule has 1 heterocycles. The lowest BCUT2D eigenvalue weighted by atomic mass is 10.0. The van der Waals surface area contributed by atoms with Gasteiger partial charge in [0.2, 0.25) is 11.2 Å². The van der Waals surface area contributed by atoms with Gasteiger partial charge in [0.05, 0.1) is 16.6 Å². The van der Waals surface area contributed by atoms with Crippen molar-refractivity contribution in [3.05, 3.63) is 70.2 Å². The fourth-order valence-corrected chi connectivity index (χ4v) is 2.52. The van der Waals surface area contributed by atoms with Gasteiger partial charge in [0.25, 0.3) is 0 Å². The van der Waals surface area contributed by atoms with Crippen LogP contribution >= 0.6 is 0 Å². The summed E-state index contributed by atoms with van der Waals surface area (Å²) < 4.78 is 5.55. The molecule has 126 valence electrons. The van der Waals surface area contributed by atoms with E-state index in [0.717, 1.165) is 0 Å². The SMILES string of the molecule is Cc1oc2c(O)c(O)ccc2c(=O)c1/C(C=Nc1ccccc1)=C/N. The van der Waals surface area contributed by atoms with Crippen molar-refractivity contribution in [1.82, 2.24) is 0 Å². The summed E-state index contributed by atoms with van der Waals surface area (Å²) in [6.45, 7) is 1.58. The first kappa shape index (κ1) is 16.3. The molecule has 6 nitrogen and oxygen atoms in total. The van der Waals surface area contributed by atoms with Gasteiger partial charge >= 0.3 is 0 Å². The second kappa shape index (κ2) is 6.52. The Bertz CT molecular complexity index is 1050. The van der Waals surface area contributed by atoms with Gasteiger partial charge in [0.15, 0.2) is 11.3 Å². The number of nitrogens with zero attached hydrogens (tertiary/aromatic N) is 1. The molecule has 0 saturated heterocycles. The molecule has 0 radical (unpaired) electrons. The molecule has 0 saturated carbocycles. The molecule has 6 heteroatoms. The molecule has 0 aliphatic rings. The van der Waals surface area contributed by atoms with Crippen molar-refractivity contribution in [2.24, 2.45) is 10.7 Å². The van der Waals surface area contributed by atoms with E-state index < -0.39 is 5.75 Å². The highest BCUT2D eigenvalue weighted by molar-refractivity contribution is 6.11. The topological polar surface area (TPSA) is 109 Å². The summed E-state index contributed by atoms with van der Waals surface area (Å²) in [6, 6.07) is 11.8. The average Bonchev–Trinajstić information content (AvgIpc) is 2.62. The summed E-state index contributed by atoms with van der Waals surface area (Å²) in [6.07, 6.45) is 2.76. The van der Waals surface area contributed by atoms with Crippen LogP contribution < -0.4 is 11.2 Å². The van der Waals surface area contributed by atoms with E-state index in [1.807, 2.05) is 30.3 Å². The van der Waals surface area contributed by atoms with Crippen molar-refractivity contribution in [3.8, 4) is 11.5 Å². The highest BCUT2D eigenvalue weighted by Gasteiger charge is 2.18. The number of benzene rings is 2. The van der Waals surface area contributed by atoms with E-state index in [1.54, 1.807) is 6.92 Å². The number of aromatic hydroxyl groups is 2. The van der Waals surface area contributed by atoms with Crippen LogP contribution in [0.5, 0.6) is 11.5 Å². The summed E-state index contributed by atoms with van der Waals surface area (Å²) in [7, 11) is 0. The maximum absolute atomic E-state index is 12.8. The van der Waals surface area contributed by atoms with Crippen LogP contribution in [0.4, 0.5) is 5.69 Å². The third-order valence-electron chi connectivity index (χ3n) is 3.77. The van der Waals surface area contributed by atoms with Crippen molar-refractivity contribution < 1.29 is 14.6 Å². The Kier molecular flexibility index (Phi) is 4.26. The quantitative estimate of drug-likeness (QED) is 0.502. The van der Waals surface area contributed by atoms with E-state index in [1.165, 1.54) is 24.5 Å². The number of aliphatic imine (C=N–C) groups is 1. The zero-order valence-corrected chi connectivity index (χ0v) is 13.4. The first-order valence-corrected chi connectivity index (χ1v) is 7.52.